The standard InChI is InChI=1S/C13H26N2O2/c1-4-8-13(3,14)12(16)15-9-6-7-11(10-15)17-5-2/h11H,4-10,14H2,1-3H3. The summed E-state index contributed by atoms with van der Waals surface area (Å²) in [6.45, 7) is 8.11. The van der Waals surface area contributed by atoms with Crippen LogP contribution in [-0.2, 0) is 9.53 Å². The minimum atomic E-state index is -0.719. The summed E-state index contributed by atoms with van der Waals surface area (Å²) < 4.78 is 5.60. The van der Waals surface area contributed by atoms with Crippen LogP contribution in [0.4, 0.5) is 0 Å². The van der Waals surface area contributed by atoms with E-state index >= 15 is 0 Å². The molecule has 0 radical (unpaired) electrons. The second-order valence-corrected chi connectivity index (χ2v) is 5.14. The molecule has 4 heteroatoms. The van der Waals surface area contributed by atoms with Gasteiger partial charge in [-0.1, -0.05) is 13.3 Å². The molecular formula is C13H26N2O2. The van der Waals surface area contributed by atoms with Crippen LogP contribution in [0.5, 0.6) is 0 Å². The summed E-state index contributed by atoms with van der Waals surface area (Å²) in [6, 6.07) is 0. The lowest BCUT2D eigenvalue weighted by molar-refractivity contribution is -0.140. The van der Waals surface area contributed by atoms with E-state index in [1.165, 1.54) is 0 Å². The SMILES string of the molecule is CCCC(C)(N)C(=O)N1CCCC(OCC)C1. The molecule has 17 heavy (non-hydrogen) atoms. The molecule has 2 N–H and O–H groups in total. The molecule has 0 bridgehead atoms. The van der Waals surface area contributed by atoms with E-state index in [1.54, 1.807) is 0 Å². The van der Waals surface area contributed by atoms with Gasteiger partial charge in [0.2, 0.25) is 5.91 Å². The second-order valence-electron chi connectivity index (χ2n) is 5.14. The summed E-state index contributed by atoms with van der Waals surface area (Å²) in [6.07, 6.45) is 3.92. The Morgan fingerprint density at radius 3 is 2.82 bits per heavy atom. The molecule has 100 valence electrons. The molecule has 4 nitrogen and oxygen atoms in total. The highest BCUT2D eigenvalue weighted by Gasteiger charge is 2.34. The van der Waals surface area contributed by atoms with E-state index in [-0.39, 0.29) is 12.0 Å². The van der Waals surface area contributed by atoms with Crippen molar-refractivity contribution in [2.24, 2.45) is 5.73 Å². The van der Waals surface area contributed by atoms with Crippen LogP contribution < -0.4 is 5.73 Å². The highest BCUT2D eigenvalue weighted by atomic mass is 16.5. The predicted molar refractivity (Wildman–Crippen MR) is 68.7 cm³/mol. The van der Waals surface area contributed by atoms with Crippen LogP contribution in [0.2, 0.25) is 0 Å². The Bertz CT molecular complexity index is 252. The zero-order valence-corrected chi connectivity index (χ0v) is 11.4. The largest absolute Gasteiger partial charge is 0.377 e. The normalized spacial score (nSPS) is 24.5. The monoisotopic (exact) mass is 242 g/mol. The summed E-state index contributed by atoms with van der Waals surface area (Å²) >= 11 is 0. The van der Waals surface area contributed by atoms with Gasteiger partial charge in [-0.2, -0.15) is 0 Å². The Balaban J connectivity index is 2.56. The van der Waals surface area contributed by atoms with Crippen LogP contribution in [0, 0.1) is 0 Å². The number of carbonyl (C=O) groups is 1. The molecule has 0 saturated carbocycles. The van der Waals surface area contributed by atoms with Crippen LogP contribution in [0.15, 0.2) is 0 Å². The van der Waals surface area contributed by atoms with E-state index < -0.39 is 5.54 Å². The van der Waals surface area contributed by atoms with Crippen molar-refractivity contribution in [1.82, 2.24) is 4.90 Å². The molecule has 2 unspecified atom stereocenters. The van der Waals surface area contributed by atoms with E-state index in [0.29, 0.717) is 13.2 Å². The third-order valence-electron chi connectivity index (χ3n) is 3.33. The van der Waals surface area contributed by atoms with Crippen molar-refractivity contribution < 1.29 is 9.53 Å². The summed E-state index contributed by atoms with van der Waals surface area (Å²) in [5.41, 5.74) is 5.37. The molecule has 0 aliphatic carbocycles. The molecule has 0 aromatic rings. The minimum absolute atomic E-state index is 0.0729. The fourth-order valence-electron chi connectivity index (χ4n) is 2.48. The van der Waals surface area contributed by atoms with Crippen molar-refractivity contribution in [3.63, 3.8) is 0 Å². The number of hydrogen-bond acceptors (Lipinski definition) is 3. The first-order valence-electron chi connectivity index (χ1n) is 6.71. The lowest BCUT2D eigenvalue weighted by atomic mass is 9.94. The van der Waals surface area contributed by atoms with Crippen molar-refractivity contribution in [1.29, 1.82) is 0 Å². The number of amides is 1. The lowest BCUT2D eigenvalue weighted by Gasteiger charge is -2.37. The van der Waals surface area contributed by atoms with Crippen LogP contribution in [0.3, 0.4) is 0 Å². The van der Waals surface area contributed by atoms with E-state index in [2.05, 4.69) is 6.92 Å². The summed E-state index contributed by atoms with van der Waals surface area (Å²) in [7, 11) is 0. The van der Waals surface area contributed by atoms with Crippen LogP contribution >= 0.6 is 0 Å². The maximum absolute atomic E-state index is 12.3. The third kappa shape index (κ3) is 3.96. The Morgan fingerprint density at radius 2 is 2.24 bits per heavy atom. The summed E-state index contributed by atoms with van der Waals surface area (Å²) in [5.74, 6) is 0.0729. The average molecular weight is 242 g/mol. The van der Waals surface area contributed by atoms with E-state index in [1.807, 2.05) is 18.7 Å². The van der Waals surface area contributed by atoms with Gasteiger partial charge in [0.1, 0.15) is 0 Å². The molecule has 1 rings (SSSR count). The van der Waals surface area contributed by atoms with Crippen molar-refractivity contribution in [2.45, 2.75) is 58.1 Å². The average Bonchev–Trinajstić information content (AvgIpc) is 2.29. The van der Waals surface area contributed by atoms with Crippen LogP contribution in [-0.4, -0.2) is 42.1 Å². The smallest absolute Gasteiger partial charge is 0.242 e. The summed E-state index contributed by atoms with van der Waals surface area (Å²) in [5, 5.41) is 0. The number of likely N-dealkylation sites (tertiary alicyclic amines) is 1. The quantitative estimate of drug-likeness (QED) is 0.795. The number of nitrogens with two attached hydrogens (primary N) is 1. The van der Waals surface area contributed by atoms with Gasteiger partial charge in [-0.05, 0) is 33.1 Å². The third-order valence-corrected chi connectivity index (χ3v) is 3.33. The first kappa shape index (κ1) is 14.5. The fraction of sp³-hybridized carbons (Fsp3) is 0.923. The topological polar surface area (TPSA) is 55.6 Å². The molecule has 1 aliphatic rings. The maximum atomic E-state index is 12.3. The van der Waals surface area contributed by atoms with Crippen LogP contribution in [0.1, 0.15) is 46.5 Å². The number of hydrogen-bond donors (Lipinski definition) is 1. The van der Waals surface area contributed by atoms with Gasteiger partial charge in [0.25, 0.3) is 0 Å². The Kier molecular flexibility index (Phi) is 5.40. The molecule has 0 spiro atoms. The highest BCUT2D eigenvalue weighted by molar-refractivity contribution is 5.85. The number of nitrogens with zero attached hydrogens (tertiary/aromatic N) is 1. The van der Waals surface area contributed by atoms with Gasteiger partial charge in [0, 0.05) is 19.7 Å². The molecule has 1 heterocycles. The van der Waals surface area contributed by atoms with E-state index in [9.17, 15) is 4.79 Å². The molecule has 2 atom stereocenters. The molecule has 0 aromatic carbocycles. The predicted octanol–water partition coefficient (Wildman–Crippen LogP) is 1.53. The number of rotatable bonds is 5. The molecule has 1 amide bonds. The van der Waals surface area contributed by atoms with Crippen molar-refractivity contribution >= 4 is 5.91 Å². The first-order valence-corrected chi connectivity index (χ1v) is 6.71. The van der Waals surface area contributed by atoms with Crippen LogP contribution in [0.25, 0.3) is 0 Å². The van der Waals surface area contributed by atoms with Crippen molar-refractivity contribution in [2.75, 3.05) is 19.7 Å². The Labute approximate surface area is 104 Å². The number of ether oxygens (including phenoxy) is 1. The molecule has 1 fully saturated rings. The zero-order valence-electron chi connectivity index (χ0n) is 11.4. The van der Waals surface area contributed by atoms with E-state index in [4.69, 9.17) is 10.5 Å². The van der Waals surface area contributed by atoms with Gasteiger partial charge >= 0.3 is 0 Å². The van der Waals surface area contributed by atoms with Gasteiger partial charge < -0.3 is 15.4 Å². The Morgan fingerprint density at radius 1 is 1.53 bits per heavy atom. The second kappa shape index (κ2) is 6.36. The first-order chi connectivity index (χ1) is 8.01. The van der Waals surface area contributed by atoms with Crippen molar-refractivity contribution in [3.8, 4) is 0 Å². The van der Waals surface area contributed by atoms with Crippen molar-refractivity contribution in [3.05, 3.63) is 0 Å². The number of carbonyl (C=O) groups excluding carboxylic acids is 1. The maximum Gasteiger partial charge on any atom is 0.242 e. The molecule has 0 aromatic heterocycles. The fourth-order valence-corrected chi connectivity index (χ4v) is 2.48. The highest BCUT2D eigenvalue weighted by Crippen LogP contribution is 2.19. The lowest BCUT2D eigenvalue weighted by Crippen LogP contribution is -2.56. The Hall–Kier alpha value is -0.610. The minimum Gasteiger partial charge on any atom is -0.377 e. The summed E-state index contributed by atoms with van der Waals surface area (Å²) in [4.78, 5) is 14.2. The zero-order chi connectivity index (χ0) is 12.9. The van der Waals surface area contributed by atoms with Gasteiger partial charge in [0.15, 0.2) is 0 Å². The molecular weight excluding hydrogens is 216 g/mol. The van der Waals surface area contributed by atoms with Gasteiger partial charge in [0.05, 0.1) is 11.6 Å². The van der Waals surface area contributed by atoms with Gasteiger partial charge in [-0.15, -0.1) is 0 Å². The molecule has 1 saturated heterocycles. The molecule has 1 aliphatic heterocycles. The number of piperidine rings is 1. The van der Waals surface area contributed by atoms with Gasteiger partial charge in [-0.25, -0.2) is 0 Å². The van der Waals surface area contributed by atoms with E-state index in [0.717, 1.165) is 32.2 Å². The van der Waals surface area contributed by atoms with Gasteiger partial charge in [-0.3, -0.25) is 4.79 Å².